The molecule has 1 aromatic heterocycles. The molecule has 2 heterocycles. The van der Waals surface area contributed by atoms with Gasteiger partial charge >= 0.3 is 6.09 Å². The Bertz CT molecular complexity index is 402. The van der Waals surface area contributed by atoms with Gasteiger partial charge < -0.3 is 14.5 Å². The lowest BCUT2D eigenvalue weighted by Crippen LogP contribution is -2.49. The highest BCUT2D eigenvalue weighted by Gasteiger charge is 2.22. The van der Waals surface area contributed by atoms with Crippen molar-refractivity contribution in [3.05, 3.63) is 22.8 Å². The van der Waals surface area contributed by atoms with Crippen LogP contribution in [0.5, 0.6) is 0 Å². The molecular weight excluding hydrogens is 298 g/mol. The minimum absolute atomic E-state index is 0.221. The molecule has 0 bridgehead atoms. The number of hydrogen-bond donors (Lipinski definition) is 0. The SMILES string of the molecule is CCOC(=O)N1CCN(c2ccc(Br)cn2)CC1. The van der Waals surface area contributed by atoms with Gasteiger partial charge in [0.05, 0.1) is 6.61 Å². The minimum Gasteiger partial charge on any atom is -0.450 e. The smallest absolute Gasteiger partial charge is 0.409 e. The third-order valence-corrected chi connectivity index (χ3v) is 3.31. The molecular formula is C12H16BrN3O2. The van der Waals surface area contributed by atoms with Crippen molar-refractivity contribution in [1.82, 2.24) is 9.88 Å². The van der Waals surface area contributed by atoms with Gasteiger partial charge in [0.15, 0.2) is 0 Å². The first-order valence-electron chi connectivity index (χ1n) is 5.99. The highest BCUT2D eigenvalue weighted by Crippen LogP contribution is 2.16. The topological polar surface area (TPSA) is 45.7 Å². The van der Waals surface area contributed by atoms with Crippen LogP contribution in [-0.2, 0) is 4.74 Å². The molecule has 98 valence electrons. The number of carbonyl (C=O) groups excluding carboxylic acids is 1. The van der Waals surface area contributed by atoms with Gasteiger partial charge in [0.25, 0.3) is 0 Å². The van der Waals surface area contributed by atoms with Crippen molar-refractivity contribution in [2.24, 2.45) is 0 Å². The number of aromatic nitrogens is 1. The summed E-state index contributed by atoms with van der Waals surface area (Å²) in [4.78, 5) is 19.8. The summed E-state index contributed by atoms with van der Waals surface area (Å²) in [7, 11) is 0. The van der Waals surface area contributed by atoms with E-state index in [9.17, 15) is 4.79 Å². The molecule has 1 aliphatic rings. The van der Waals surface area contributed by atoms with Gasteiger partial charge in [-0.05, 0) is 35.0 Å². The van der Waals surface area contributed by atoms with E-state index in [0.29, 0.717) is 19.7 Å². The predicted molar refractivity (Wildman–Crippen MR) is 72.7 cm³/mol. The highest BCUT2D eigenvalue weighted by molar-refractivity contribution is 9.10. The molecule has 1 aromatic rings. The Morgan fingerprint density at radius 2 is 2.11 bits per heavy atom. The Labute approximate surface area is 115 Å². The van der Waals surface area contributed by atoms with Gasteiger partial charge in [-0.15, -0.1) is 0 Å². The van der Waals surface area contributed by atoms with E-state index in [0.717, 1.165) is 23.4 Å². The van der Waals surface area contributed by atoms with Crippen LogP contribution in [0.2, 0.25) is 0 Å². The third kappa shape index (κ3) is 3.13. The summed E-state index contributed by atoms with van der Waals surface area (Å²) in [5.74, 6) is 0.946. The Hall–Kier alpha value is -1.30. The minimum atomic E-state index is -0.221. The first-order chi connectivity index (χ1) is 8.70. The molecule has 2 rings (SSSR count). The van der Waals surface area contributed by atoms with Crippen LogP contribution in [-0.4, -0.2) is 48.8 Å². The third-order valence-electron chi connectivity index (χ3n) is 2.84. The number of ether oxygens (including phenoxy) is 1. The Morgan fingerprint density at radius 3 is 2.67 bits per heavy atom. The second-order valence-electron chi connectivity index (χ2n) is 4.01. The van der Waals surface area contributed by atoms with E-state index in [2.05, 4.69) is 25.8 Å². The summed E-state index contributed by atoms with van der Waals surface area (Å²) < 4.78 is 5.95. The fraction of sp³-hybridized carbons (Fsp3) is 0.500. The van der Waals surface area contributed by atoms with Crippen molar-refractivity contribution in [3.63, 3.8) is 0 Å². The van der Waals surface area contributed by atoms with Crippen LogP contribution < -0.4 is 4.90 Å². The molecule has 0 spiro atoms. The van der Waals surface area contributed by atoms with Crippen molar-refractivity contribution >= 4 is 27.8 Å². The Morgan fingerprint density at radius 1 is 1.39 bits per heavy atom. The normalized spacial score (nSPS) is 15.7. The Kier molecular flexibility index (Phi) is 4.41. The molecule has 0 radical (unpaired) electrons. The number of carbonyl (C=O) groups is 1. The average Bonchev–Trinajstić information content (AvgIpc) is 2.40. The monoisotopic (exact) mass is 313 g/mol. The van der Waals surface area contributed by atoms with Crippen LogP contribution >= 0.6 is 15.9 Å². The van der Waals surface area contributed by atoms with Crippen LogP contribution in [0.3, 0.4) is 0 Å². The summed E-state index contributed by atoms with van der Waals surface area (Å²) in [5, 5.41) is 0. The lowest BCUT2D eigenvalue weighted by atomic mass is 10.3. The summed E-state index contributed by atoms with van der Waals surface area (Å²) in [6.07, 6.45) is 1.56. The van der Waals surface area contributed by atoms with Gasteiger partial charge in [-0.1, -0.05) is 0 Å². The number of amides is 1. The molecule has 6 heteroatoms. The van der Waals surface area contributed by atoms with E-state index in [1.807, 2.05) is 19.1 Å². The van der Waals surface area contributed by atoms with Crippen molar-refractivity contribution in [2.45, 2.75) is 6.92 Å². The fourth-order valence-electron chi connectivity index (χ4n) is 1.89. The molecule has 1 aliphatic heterocycles. The van der Waals surface area contributed by atoms with E-state index in [1.165, 1.54) is 0 Å². The number of pyridine rings is 1. The number of halogens is 1. The molecule has 5 nitrogen and oxygen atoms in total. The second kappa shape index (κ2) is 6.04. The van der Waals surface area contributed by atoms with Crippen LogP contribution in [0.4, 0.5) is 10.6 Å². The number of rotatable bonds is 2. The van der Waals surface area contributed by atoms with Gasteiger partial charge in [0, 0.05) is 36.8 Å². The molecule has 0 N–H and O–H groups in total. The second-order valence-corrected chi connectivity index (χ2v) is 4.92. The van der Waals surface area contributed by atoms with E-state index in [-0.39, 0.29) is 6.09 Å². The van der Waals surface area contributed by atoms with E-state index in [1.54, 1.807) is 11.1 Å². The maximum Gasteiger partial charge on any atom is 0.409 e. The first kappa shape index (κ1) is 13.1. The highest BCUT2D eigenvalue weighted by atomic mass is 79.9. The van der Waals surface area contributed by atoms with E-state index in [4.69, 9.17) is 4.74 Å². The maximum absolute atomic E-state index is 11.5. The summed E-state index contributed by atoms with van der Waals surface area (Å²) in [5.41, 5.74) is 0. The summed E-state index contributed by atoms with van der Waals surface area (Å²) in [6, 6.07) is 3.95. The molecule has 0 atom stereocenters. The maximum atomic E-state index is 11.5. The number of piperazine rings is 1. The summed E-state index contributed by atoms with van der Waals surface area (Å²) in [6.45, 7) is 5.17. The van der Waals surface area contributed by atoms with Gasteiger partial charge in [0.1, 0.15) is 5.82 Å². The largest absolute Gasteiger partial charge is 0.450 e. The lowest BCUT2D eigenvalue weighted by Gasteiger charge is -2.34. The number of anilines is 1. The van der Waals surface area contributed by atoms with Crippen LogP contribution in [0.15, 0.2) is 22.8 Å². The van der Waals surface area contributed by atoms with Crippen LogP contribution in [0.1, 0.15) is 6.92 Å². The first-order valence-corrected chi connectivity index (χ1v) is 6.78. The van der Waals surface area contributed by atoms with Gasteiger partial charge in [-0.3, -0.25) is 0 Å². The number of nitrogens with zero attached hydrogens (tertiary/aromatic N) is 3. The fourth-order valence-corrected chi connectivity index (χ4v) is 2.12. The van der Waals surface area contributed by atoms with Crippen LogP contribution in [0, 0.1) is 0 Å². The molecule has 1 saturated heterocycles. The average molecular weight is 314 g/mol. The van der Waals surface area contributed by atoms with Gasteiger partial charge in [-0.25, -0.2) is 9.78 Å². The van der Waals surface area contributed by atoms with E-state index >= 15 is 0 Å². The Balaban J connectivity index is 1.90. The quantitative estimate of drug-likeness (QED) is 0.839. The molecule has 1 fully saturated rings. The molecule has 18 heavy (non-hydrogen) atoms. The zero-order valence-electron chi connectivity index (χ0n) is 10.3. The molecule has 0 saturated carbocycles. The molecule has 0 aromatic carbocycles. The molecule has 0 aliphatic carbocycles. The zero-order valence-corrected chi connectivity index (χ0v) is 11.9. The summed E-state index contributed by atoms with van der Waals surface area (Å²) >= 11 is 3.36. The van der Waals surface area contributed by atoms with Crippen LogP contribution in [0.25, 0.3) is 0 Å². The molecule has 1 amide bonds. The molecule has 0 unspecified atom stereocenters. The predicted octanol–water partition coefficient (Wildman–Crippen LogP) is 2.12. The standard InChI is InChI=1S/C12H16BrN3O2/c1-2-18-12(17)16-7-5-15(6-8-16)11-4-3-10(13)9-14-11/h3-4,9H,2,5-8H2,1H3. The lowest BCUT2D eigenvalue weighted by molar-refractivity contribution is 0.105. The van der Waals surface area contributed by atoms with Crippen molar-refractivity contribution in [3.8, 4) is 0 Å². The zero-order chi connectivity index (χ0) is 13.0. The number of hydrogen-bond acceptors (Lipinski definition) is 4. The van der Waals surface area contributed by atoms with Gasteiger partial charge in [0.2, 0.25) is 0 Å². The van der Waals surface area contributed by atoms with Crippen molar-refractivity contribution in [2.75, 3.05) is 37.7 Å². The van der Waals surface area contributed by atoms with Crippen molar-refractivity contribution in [1.29, 1.82) is 0 Å². The van der Waals surface area contributed by atoms with Crippen molar-refractivity contribution < 1.29 is 9.53 Å². The van der Waals surface area contributed by atoms with Gasteiger partial charge in [-0.2, -0.15) is 0 Å². The van der Waals surface area contributed by atoms with E-state index < -0.39 is 0 Å².